The van der Waals surface area contributed by atoms with Crippen molar-refractivity contribution in [3.63, 3.8) is 0 Å². The second kappa shape index (κ2) is 9.29. The van der Waals surface area contributed by atoms with E-state index >= 15 is 0 Å². The SMILES string of the molecule is O=C(Nc1ccc(Cl)cc1-c1ccc2nc(-c3ccc4ccccc4c3)ccc2c1)c1ccccc1. The summed E-state index contributed by atoms with van der Waals surface area (Å²) >= 11 is 6.34. The van der Waals surface area contributed by atoms with Gasteiger partial charge in [-0.05, 0) is 70.9 Å². The van der Waals surface area contributed by atoms with Crippen molar-refractivity contribution in [2.45, 2.75) is 0 Å². The molecule has 0 aliphatic rings. The second-order valence-corrected chi connectivity index (χ2v) is 9.11. The highest BCUT2D eigenvalue weighted by molar-refractivity contribution is 6.31. The molecule has 1 aromatic heterocycles. The summed E-state index contributed by atoms with van der Waals surface area (Å²) in [5, 5.41) is 7.05. The average molecular weight is 485 g/mol. The summed E-state index contributed by atoms with van der Waals surface area (Å²) in [6.45, 7) is 0. The van der Waals surface area contributed by atoms with E-state index in [4.69, 9.17) is 16.6 Å². The van der Waals surface area contributed by atoms with Gasteiger partial charge in [0.2, 0.25) is 0 Å². The van der Waals surface area contributed by atoms with Gasteiger partial charge in [-0.15, -0.1) is 0 Å². The van der Waals surface area contributed by atoms with Gasteiger partial charge in [-0.1, -0.05) is 78.3 Å². The maximum absolute atomic E-state index is 12.8. The lowest BCUT2D eigenvalue weighted by Crippen LogP contribution is -2.12. The third-order valence-electron chi connectivity index (χ3n) is 6.31. The number of rotatable bonds is 4. The topological polar surface area (TPSA) is 42.0 Å². The number of hydrogen-bond acceptors (Lipinski definition) is 2. The van der Waals surface area contributed by atoms with E-state index in [1.54, 1.807) is 18.2 Å². The first-order valence-corrected chi connectivity index (χ1v) is 12.1. The van der Waals surface area contributed by atoms with Gasteiger partial charge < -0.3 is 5.32 Å². The molecular weight excluding hydrogens is 464 g/mol. The van der Waals surface area contributed by atoms with E-state index in [0.717, 1.165) is 33.3 Å². The van der Waals surface area contributed by atoms with Gasteiger partial charge in [0.05, 0.1) is 11.2 Å². The number of pyridine rings is 1. The molecule has 3 nitrogen and oxygen atoms in total. The fourth-order valence-corrected chi connectivity index (χ4v) is 4.62. The predicted molar refractivity (Wildman–Crippen MR) is 150 cm³/mol. The van der Waals surface area contributed by atoms with Crippen LogP contribution in [0.2, 0.25) is 5.02 Å². The minimum Gasteiger partial charge on any atom is -0.321 e. The Bertz CT molecular complexity index is 1740. The normalized spacial score (nSPS) is 11.0. The van der Waals surface area contributed by atoms with Crippen LogP contribution in [0.3, 0.4) is 0 Å². The number of fused-ring (bicyclic) bond motifs is 2. The maximum Gasteiger partial charge on any atom is 0.255 e. The average Bonchev–Trinajstić information content (AvgIpc) is 2.93. The van der Waals surface area contributed by atoms with Gasteiger partial charge in [-0.25, -0.2) is 4.98 Å². The van der Waals surface area contributed by atoms with Gasteiger partial charge in [-0.2, -0.15) is 0 Å². The third-order valence-corrected chi connectivity index (χ3v) is 6.55. The third kappa shape index (κ3) is 4.33. The molecule has 1 N–H and O–H groups in total. The minimum absolute atomic E-state index is 0.165. The number of amides is 1. The Morgan fingerprint density at radius 2 is 1.36 bits per heavy atom. The summed E-state index contributed by atoms with van der Waals surface area (Å²) in [4.78, 5) is 17.7. The fraction of sp³-hybridized carbons (Fsp3) is 0. The second-order valence-electron chi connectivity index (χ2n) is 8.68. The smallest absolute Gasteiger partial charge is 0.255 e. The number of hydrogen-bond donors (Lipinski definition) is 1. The van der Waals surface area contributed by atoms with Gasteiger partial charge in [-0.3, -0.25) is 4.79 Å². The molecule has 4 heteroatoms. The van der Waals surface area contributed by atoms with Crippen molar-refractivity contribution in [1.29, 1.82) is 0 Å². The van der Waals surface area contributed by atoms with Crippen molar-refractivity contribution >= 4 is 44.9 Å². The lowest BCUT2D eigenvalue weighted by atomic mass is 10.00. The number of nitrogens with one attached hydrogen (secondary N) is 1. The molecule has 0 spiro atoms. The molecule has 0 fully saturated rings. The molecule has 6 rings (SSSR count). The lowest BCUT2D eigenvalue weighted by molar-refractivity contribution is 0.102. The molecule has 0 atom stereocenters. The number of benzene rings is 5. The van der Waals surface area contributed by atoms with E-state index in [9.17, 15) is 4.79 Å². The van der Waals surface area contributed by atoms with Crippen LogP contribution in [0.4, 0.5) is 5.69 Å². The van der Waals surface area contributed by atoms with Crippen LogP contribution in [0.25, 0.3) is 44.1 Å². The van der Waals surface area contributed by atoms with Gasteiger partial charge in [0.1, 0.15) is 0 Å². The molecule has 0 aliphatic heterocycles. The monoisotopic (exact) mass is 484 g/mol. The molecular formula is C32H21ClN2O. The summed E-state index contributed by atoms with van der Waals surface area (Å²) in [5.74, 6) is -0.165. The van der Waals surface area contributed by atoms with Gasteiger partial charge in [0.25, 0.3) is 5.91 Å². The van der Waals surface area contributed by atoms with E-state index in [-0.39, 0.29) is 5.91 Å². The Balaban J connectivity index is 1.36. The standard InChI is InChI=1S/C32H21ClN2O/c33-27-14-17-31(35-32(36)22-7-2-1-3-8-22)28(20-27)24-12-15-29-26(19-24)13-16-30(34-29)25-11-10-21-6-4-5-9-23(21)18-25/h1-20H,(H,35,36). The number of anilines is 1. The summed E-state index contributed by atoms with van der Waals surface area (Å²) in [5.41, 5.74) is 6.03. The summed E-state index contributed by atoms with van der Waals surface area (Å²) in [6.07, 6.45) is 0. The zero-order valence-corrected chi connectivity index (χ0v) is 20.0. The fourth-order valence-electron chi connectivity index (χ4n) is 4.45. The molecule has 0 saturated carbocycles. The maximum atomic E-state index is 12.8. The first-order valence-electron chi connectivity index (χ1n) is 11.7. The van der Waals surface area contributed by atoms with E-state index in [1.165, 1.54) is 10.8 Å². The highest BCUT2D eigenvalue weighted by Crippen LogP contribution is 2.34. The molecule has 5 aromatic carbocycles. The van der Waals surface area contributed by atoms with Crippen LogP contribution in [0, 0.1) is 0 Å². The van der Waals surface area contributed by atoms with Crippen LogP contribution in [0.15, 0.2) is 121 Å². The molecule has 172 valence electrons. The number of carbonyl (C=O) groups is 1. The predicted octanol–water partition coefficient (Wildman–Crippen LogP) is 8.63. The van der Waals surface area contributed by atoms with Crippen molar-refractivity contribution in [2.24, 2.45) is 0 Å². The van der Waals surface area contributed by atoms with Crippen LogP contribution in [-0.2, 0) is 0 Å². The number of aromatic nitrogens is 1. The molecule has 36 heavy (non-hydrogen) atoms. The minimum atomic E-state index is -0.165. The van der Waals surface area contributed by atoms with Crippen LogP contribution < -0.4 is 5.32 Å². The molecule has 0 aliphatic carbocycles. The molecule has 1 amide bonds. The first-order chi connectivity index (χ1) is 17.6. The Morgan fingerprint density at radius 3 is 2.22 bits per heavy atom. The van der Waals surface area contributed by atoms with E-state index in [0.29, 0.717) is 16.3 Å². The Morgan fingerprint density at radius 1 is 0.639 bits per heavy atom. The van der Waals surface area contributed by atoms with E-state index < -0.39 is 0 Å². The van der Waals surface area contributed by atoms with E-state index in [2.05, 4.69) is 47.8 Å². The first kappa shape index (κ1) is 22.0. The molecule has 0 unspecified atom stereocenters. The molecule has 0 bridgehead atoms. The van der Waals surface area contributed by atoms with E-state index in [1.807, 2.05) is 60.7 Å². The highest BCUT2D eigenvalue weighted by atomic mass is 35.5. The Hall–Kier alpha value is -4.47. The molecule has 1 heterocycles. The number of carbonyl (C=O) groups excluding carboxylic acids is 1. The number of nitrogens with zero attached hydrogens (tertiary/aromatic N) is 1. The zero-order valence-electron chi connectivity index (χ0n) is 19.3. The van der Waals surface area contributed by atoms with Crippen LogP contribution in [-0.4, -0.2) is 10.9 Å². The molecule has 0 saturated heterocycles. The van der Waals surface area contributed by atoms with Crippen LogP contribution in [0.5, 0.6) is 0 Å². The summed E-state index contributed by atoms with van der Waals surface area (Å²) in [7, 11) is 0. The lowest BCUT2D eigenvalue weighted by Gasteiger charge is -2.13. The van der Waals surface area contributed by atoms with Gasteiger partial charge >= 0.3 is 0 Å². The quantitative estimate of drug-likeness (QED) is 0.272. The zero-order chi connectivity index (χ0) is 24.5. The number of halogens is 1. The molecule has 0 radical (unpaired) electrons. The van der Waals surface area contributed by atoms with Crippen LogP contribution in [0.1, 0.15) is 10.4 Å². The van der Waals surface area contributed by atoms with Crippen molar-refractivity contribution in [3.8, 4) is 22.4 Å². The van der Waals surface area contributed by atoms with Crippen molar-refractivity contribution in [1.82, 2.24) is 4.98 Å². The summed E-state index contributed by atoms with van der Waals surface area (Å²) < 4.78 is 0. The molecule has 6 aromatic rings. The Labute approximate surface area is 214 Å². The van der Waals surface area contributed by atoms with Crippen LogP contribution >= 0.6 is 11.6 Å². The van der Waals surface area contributed by atoms with Crippen molar-refractivity contribution in [2.75, 3.05) is 5.32 Å². The highest BCUT2D eigenvalue weighted by Gasteiger charge is 2.12. The van der Waals surface area contributed by atoms with Gasteiger partial charge in [0, 0.05) is 32.8 Å². The van der Waals surface area contributed by atoms with Gasteiger partial charge in [0.15, 0.2) is 0 Å². The largest absolute Gasteiger partial charge is 0.321 e. The van der Waals surface area contributed by atoms with Crippen molar-refractivity contribution < 1.29 is 4.79 Å². The summed E-state index contributed by atoms with van der Waals surface area (Å²) in [6, 6.07) is 39.6. The Kier molecular flexibility index (Phi) is 5.68. The van der Waals surface area contributed by atoms with Crippen molar-refractivity contribution in [3.05, 3.63) is 132 Å².